The molecule has 0 aliphatic heterocycles. The minimum absolute atomic E-state index is 0.0157. The van der Waals surface area contributed by atoms with E-state index >= 15 is 0 Å². The molecule has 1 saturated carbocycles. The SMILES string of the molecule is N#C[C@H]1CC[C@@H](OC(=O)c2cccc3ncccc23)C1. The Hall–Kier alpha value is -2.41. The number of rotatable bonds is 2. The zero-order valence-corrected chi connectivity index (χ0v) is 11.0. The van der Waals surface area contributed by atoms with E-state index in [4.69, 9.17) is 10.00 Å². The highest BCUT2D eigenvalue weighted by molar-refractivity contribution is 6.03. The van der Waals surface area contributed by atoms with Gasteiger partial charge < -0.3 is 4.74 Å². The molecule has 1 aromatic carbocycles. The number of carbonyl (C=O) groups excluding carboxylic acids is 1. The van der Waals surface area contributed by atoms with Gasteiger partial charge in [0, 0.05) is 23.9 Å². The highest BCUT2D eigenvalue weighted by Gasteiger charge is 2.28. The van der Waals surface area contributed by atoms with Crippen molar-refractivity contribution in [2.75, 3.05) is 0 Å². The molecule has 1 fully saturated rings. The molecule has 0 N–H and O–H groups in total. The molecule has 0 amide bonds. The molecule has 3 rings (SSSR count). The summed E-state index contributed by atoms with van der Waals surface area (Å²) in [6, 6.07) is 11.3. The number of carbonyl (C=O) groups is 1. The first-order valence-electron chi connectivity index (χ1n) is 6.72. The predicted octanol–water partition coefficient (Wildman–Crippen LogP) is 3.08. The zero-order chi connectivity index (χ0) is 13.9. The number of nitriles is 1. The smallest absolute Gasteiger partial charge is 0.339 e. The van der Waals surface area contributed by atoms with Crippen molar-refractivity contribution in [1.82, 2.24) is 4.98 Å². The Labute approximate surface area is 117 Å². The predicted molar refractivity (Wildman–Crippen MR) is 73.9 cm³/mol. The van der Waals surface area contributed by atoms with Crippen LogP contribution in [0.25, 0.3) is 10.9 Å². The monoisotopic (exact) mass is 266 g/mol. The van der Waals surface area contributed by atoms with Gasteiger partial charge in [0.1, 0.15) is 6.10 Å². The second kappa shape index (κ2) is 5.30. The molecule has 4 heteroatoms. The molecule has 0 radical (unpaired) electrons. The lowest BCUT2D eigenvalue weighted by molar-refractivity contribution is 0.0315. The Bertz CT molecular complexity index is 685. The molecular formula is C16H14N2O2. The molecule has 1 aliphatic carbocycles. The number of fused-ring (bicyclic) bond motifs is 1. The maximum absolute atomic E-state index is 12.3. The van der Waals surface area contributed by atoms with Gasteiger partial charge in [-0.05, 0) is 31.0 Å². The Kier molecular flexibility index (Phi) is 3.34. The van der Waals surface area contributed by atoms with Crippen molar-refractivity contribution in [3.63, 3.8) is 0 Å². The summed E-state index contributed by atoms with van der Waals surface area (Å²) in [5.41, 5.74) is 1.32. The molecule has 2 aromatic rings. The maximum Gasteiger partial charge on any atom is 0.339 e. The summed E-state index contributed by atoms with van der Waals surface area (Å²) in [7, 11) is 0. The lowest BCUT2D eigenvalue weighted by atomic mass is 10.1. The molecule has 1 aliphatic rings. The van der Waals surface area contributed by atoms with E-state index in [1.54, 1.807) is 24.4 Å². The Balaban J connectivity index is 1.81. The third-order valence-electron chi connectivity index (χ3n) is 3.71. The van der Waals surface area contributed by atoms with Gasteiger partial charge in [0.15, 0.2) is 0 Å². The number of ether oxygens (including phenoxy) is 1. The van der Waals surface area contributed by atoms with Crippen LogP contribution in [-0.2, 0) is 4.74 Å². The van der Waals surface area contributed by atoms with Crippen molar-refractivity contribution in [3.8, 4) is 6.07 Å². The van der Waals surface area contributed by atoms with Crippen LogP contribution < -0.4 is 0 Å². The van der Waals surface area contributed by atoms with Crippen LogP contribution in [0.3, 0.4) is 0 Å². The van der Waals surface area contributed by atoms with E-state index in [-0.39, 0.29) is 18.0 Å². The van der Waals surface area contributed by atoms with Gasteiger partial charge in [-0.1, -0.05) is 12.1 Å². The fourth-order valence-electron chi connectivity index (χ4n) is 2.66. The van der Waals surface area contributed by atoms with Gasteiger partial charge in [0.25, 0.3) is 0 Å². The first-order chi connectivity index (χ1) is 9.78. The Morgan fingerprint density at radius 1 is 1.30 bits per heavy atom. The Morgan fingerprint density at radius 2 is 2.20 bits per heavy atom. The summed E-state index contributed by atoms with van der Waals surface area (Å²) in [5.74, 6) is -0.311. The summed E-state index contributed by atoms with van der Waals surface area (Å²) in [4.78, 5) is 16.5. The third-order valence-corrected chi connectivity index (χ3v) is 3.71. The van der Waals surface area contributed by atoms with Gasteiger partial charge in [0.2, 0.25) is 0 Å². The standard InChI is InChI=1S/C16H14N2O2/c17-10-11-6-7-12(9-11)20-16(19)14-3-1-5-15-13(14)4-2-8-18-15/h1-5,8,11-12H,6-7,9H2/t11-,12+/m0/s1. The Morgan fingerprint density at radius 3 is 3.00 bits per heavy atom. The molecule has 100 valence electrons. The second-order valence-electron chi connectivity index (χ2n) is 5.04. The van der Waals surface area contributed by atoms with E-state index < -0.39 is 0 Å². The normalized spacial score (nSPS) is 21.6. The summed E-state index contributed by atoms with van der Waals surface area (Å²) in [6.07, 6.45) is 3.79. The first kappa shape index (κ1) is 12.6. The van der Waals surface area contributed by atoms with E-state index in [9.17, 15) is 4.79 Å². The number of pyridine rings is 1. The average Bonchev–Trinajstić information content (AvgIpc) is 2.94. The molecule has 20 heavy (non-hydrogen) atoms. The van der Waals surface area contributed by atoms with Crippen molar-refractivity contribution >= 4 is 16.9 Å². The van der Waals surface area contributed by atoms with Crippen molar-refractivity contribution < 1.29 is 9.53 Å². The van der Waals surface area contributed by atoms with Crippen LogP contribution in [0.2, 0.25) is 0 Å². The highest BCUT2D eigenvalue weighted by Crippen LogP contribution is 2.28. The van der Waals surface area contributed by atoms with E-state index in [0.29, 0.717) is 12.0 Å². The van der Waals surface area contributed by atoms with Crippen LogP contribution in [0, 0.1) is 17.2 Å². The minimum Gasteiger partial charge on any atom is -0.459 e. The largest absolute Gasteiger partial charge is 0.459 e. The number of hydrogen-bond acceptors (Lipinski definition) is 4. The van der Waals surface area contributed by atoms with Crippen molar-refractivity contribution in [2.24, 2.45) is 5.92 Å². The van der Waals surface area contributed by atoms with Crippen molar-refractivity contribution in [1.29, 1.82) is 5.26 Å². The van der Waals surface area contributed by atoms with Gasteiger partial charge in [-0.3, -0.25) is 4.98 Å². The fourth-order valence-corrected chi connectivity index (χ4v) is 2.66. The third kappa shape index (κ3) is 2.35. The van der Waals surface area contributed by atoms with Crippen LogP contribution >= 0.6 is 0 Å². The van der Waals surface area contributed by atoms with Crippen LogP contribution in [0.1, 0.15) is 29.6 Å². The molecule has 2 atom stereocenters. The topological polar surface area (TPSA) is 63.0 Å². The van der Waals surface area contributed by atoms with E-state index in [1.165, 1.54) is 0 Å². The molecule has 1 aromatic heterocycles. The summed E-state index contributed by atoms with van der Waals surface area (Å²) in [5, 5.41) is 9.68. The first-order valence-corrected chi connectivity index (χ1v) is 6.72. The van der Waals surface area contributed by atoms with Gasteiger partial charge in [-0.25, -0.2) is 4.79 Å². The van der Waals surface area contributed by atoms with Crippen LogP contribution in [0.5, 0.6) is 0 Å². The lowest BCUT2D eigenvalue weighted by Crippen LogP contribution is -2.15. The van der Waals surface area contributed by atoms with Gasteiger partial charge in [0.05, 0.1) is 17.1 Å². The van der Waals surface area contributed by atoms with Crippen molar-refractivity contribution in [3.05, 3.63) is 42.1 Å². The van der Waals surface area contributed by atoms with E-state index in [2.05, 4.69) is 11.1 Å². The molecule has 0 spiro atoms. The molecule has 0 saturated heterocycles. The van der Waals surface area contributed by atoms with Crippen molar-refractivity contribution in [2.45, 2.75) is 25.4 Å². The van der Waals surface area contributed by atoms with Gasteiger partial charge in [-0.2, -0.15) is 5.26 Å². The molecule has 4 nitrogen and oxygen atoms in total. The number of aromatic nitrogens is 1. The van der Waals surface area contributed by atoms with Crippen LogP contribution in [0.4, 0.5) is 0 Å². The highest BCUT2D eigenvalue weighted by atomic mass is 16.5. The zero-order valence-electron chi connectivity index (χ0n) is 11.0. The number of esters is 1. The van der Waals surface area contributed by atoms with Crippen LogP contribution in [-0.4, -0.2) is 17.1 Å². The van der Waals surface area contributed by atoms with Gasteiger partial charge in [-0.15, -0.1) is 0 Å². The summed E-state index contributed by atoms with van der Waals surface area (Å²) in [6.45, 7) is 0. The lowest BCUT2D eigenvalue weighted by Gasteiger charge is -2.12. The van der Waals surface area contributed by atoms with E-state index in [1.807, 2.05) is 12.1 Å². The van der Waals surface area contributed by atoms with Gasteiger partial charge >= 0.3 is 5.97 Å². The molecule has 0 bridgehead atoms. The summed E-state index contributed by atoms with van der Waals surface area (Å²) < 4.78 is 5.52. The van der Waals surface area contributed by atoms with Crippen LogP contribution in [0.15, 0.2) is 36.5 Å². The quantitative estimate of drug-likeness (QED) is 0.783. The fraction of sp³-hybridized carbons (Fsp3) is 0.312. The second-order valence-corrected chi connectivity index (χ2v) is 5.04. The molecule has 0 unspecified atom stereocenters. The minimum atomic E-state index is -0.327. The summed E-state index contributed by atoms with van der Waals surface area (Å²) >= 11 is 0. The maximum atomic E-state index is 12.3. The molecular weight excluding hydrogens is 252 g/mol. The number of hydrogen-bond donors (Lipinski definition) is 0. The number of benzene rings is 1. The van der Waals surface area contributed by atoms with E-state index in [0.717, 1.165) is 23.7 Å². The average molecular weight is 266 g/mol. The number of nitrogens with zero attached hydrogens (tertiary/aromatic N) is 2. The molecule has 1 heterocycles.